The molecule has 38 heavy (non-hydrogen) atoms. The SMILES string of the molecule is CC1CC(C)CN(c2cc(N3CCCCCC3)nc(NC(=S)NCC3(c4ccc(Cl)cc4)CCCC3)n2)C1. The van der Waals surface area contributed by atoms with Crippen molar-refractivity contribution in [3.63, 3.8) is 0 Å². The summed E-state index contributed by atoms with van der Waals surface area (Å²) < 4.78 is 0. The van der Waals surface area contributed by atoms with E-state index in [0.29, 0.717) is 22.9 Å². The molecule has 6 nitrogen and oxygen atoms in total. The van der Waals surface area contributed by atoms with Crippen LogP contribution in [0.2, 0.25) is 5.02 Å². The van der Waals surface area contributed by atoms with Crippen LogP contribution >= 0.6 is 23.8 Å². The van der Waals surface area contributed by atoms with Gasteiger partial charge < -0.3 is 20.4 Å². The molecule has 1 aromatic heterocycles. The summed E-state index contributed by atoms with van der Waals surface area (Å²) in [4.78, 5) is 14.8. The normalized spacial score (nSPS) is 23.7. The Labute approximate surface area is 238 Å². The highest BCUT2D eigenvalue weighted by Crippen LogP contribution is 2.41. The number of hydrogen-bond donors (Lipinski definition) is 2. The molecule has 2 saturated heterocycles. The average molecular weight is 555 g/mol. The highest BCUT2D eigenvalue weighted by Gasteiger charge is 2.35. The first-order chi connectivity index (χ1) is 18.4. The molecule has 3 fully saturated rings. The number of piperidine rings is 1. The third kappa shape index (κ3) is 6.71. The van der Waals surface area contributed by atoms with Gasteiger partial charge >= 0.3 is 0 Å². The minimum atomic E-state index is 0.0797. The van der Waals surface area contributed by atoms with Gasteiger partial charge in [-0.3, -0.25) is 0 Å². The maximum Gasteiger partial charge on any atom is 0.232 e. The highest BCUT2D eigenvalue weighted by molar-refractivity contribution is 7.80. The van der Waals surface area contributed by atoms with E-state index in [1.54, 1.807) is 0 Å². The summed E-state index contributed by atoms with van der Waals surface area (Å²) in [6, 6.07) is 10.5. The van der Waals surface area contributed by atoms with E-state index in [9.17, 15) is 0 Å². The van der Waals surface area contributed by atoms with Crippen molar-refractivity contribution >= 4 is 46.5 Å². The second kappa shape index (κ2) is 12.4. The van der Waals surface area contributed by atoms with Gasteiger partial charge in [0.2, 0.25) is 5.95 Å². The van der Waals surface area contributed by atoms with E-state index in [4.69, 9.17) is 33.8 Å². The van der Waals surface area contributed by atoms with E-state index >= 15 is 0 Å². The molecule has 0 spiro atoms. The Bertz CT molecular complexity index is 1070. The van der Waals surface area contributed by atoms with Gasteiger partial charge in [-0.05, 0) is 73.9 Å². The number of benzene rings is 1. The number of nitrogens with zero attached hydrogens (tertiary/aromatic N) is 4. The quantitative estimate of drug-likeness (QED) is 0.381. The molecule has 2 aliphatic heterocycles. The highest BCUT2D eigenvalue weighted by atomic mass is 35.5. The standard InChI is InChI=1S/C30H43ClN6S/c1-22-17-23(2)20-37(19-22)27-18-26(36-15-7-3-4-8-16-36)33-28(34-27)35-29(38)32-21-30(13-5-6-14-30)24-9-11-25(31)12-10-24/h9-12,18,22-23H,3-8,13-17,19-21H2,1-2H3,(H2,32,33,34,35,38). The molecular formula is C30H43ClN6S. The molecule has 2 aromatic rings. The lowest BCUT2D eigenvalue weighted by Gasteiger charge is -2.36. The Balaban J connectivity index is 1.33. The first kappa shape index (κ1) is 27.4. The van der Waals surface area contributed by atoms with Gasteiger partial charge in [-0.2, -0.15) is 9.97 Å². The number of thiocarbonyl (C=S) groups is 1. The topological polar surface area (TPSA) is 56.3 Å². The summed E-state index contributed by atoms with van der Waals surface area (Å²) in [5, 5.41) is 8.26. The van der Waals surface area contributed by atoms with E-state index in [-0.39, 0.29) is 5.41 Å². The minimum Gasteiger partial charge on any atom is -0.361 e. The van der Waals surface area contributed by atoms with Crippen LogP contribution < -0.4 is 20.4 Å². The van der Waals surface area contributed by atoms with Gasteiger partial charge in [-0.1, -0.05) is 63.3 Å². The smallest absolute Gasteiger partial charge is 0.232 e. The molecule has 1 aliphatic carbocycles. The summed E-state index contributed by atoms with van der Waals surface area (Å²) in [6.45, 7) is 9.65. The zero-order valence-electron chi connectivity index (χ0n) is 23.0. The fraction of sp³-hybridized carbons (Fsp3) is 0.633. The largest absolute Gasteiger partial charge is 0.361 e. The number of nitrogens with one attached hydrogen (secondary N) is 2. The Morgan fingerprint density at radius 3 is 2.16 bits per heavy atom. The summed E-state index contributed by atoms with van der Waals surface area (Å²) in [7, 11) is 0. The van der Waals surface area contributed by atoms with Crippen molar-refractivity contribution in [2.24, 2.45) is 11.8 Å². The first-order valence-electron chi connectivity index (χ1n) is 14.6. The second-order valence-electron chi connectivity index (χ2n) is 12.0. The molecule has 1 saturated carbocycles. The zero-order valence-corrected chi connectivity index (χ0v) is 24.6. The number of halogens is 1. The van der Waals surface area contributed by atoms with Crippen molar-refractivity contribution in [2.75, 3.05) is 47.8 Å². The van der Waals surface area contributed by atoms with Crippen LogP contribution in [-0.4, -0.2) is 47.8 Å². The molecule has 2 unspecified atom stereocenters. The third-order valence-electron chi connectivity index (χ3n) is 8.65. The number of aromatic nitrogens is 2. The fourth-order valence-electron chi connectivity index (χ4n) is 6.77. The van der Waals surface area contributed by atoms with Crippen molar-refractivity contribution in [1.82, 2.24) is 15.3 Å². The molecular weight excluding hydrogens is 512 g/mol. The number of anilines is 3. The Hall–Kier alpha value is -2.12. The van der Waals surface area contributed by atoms with Crippen LogP contribution in [0.1, 0.15) is 77.2 Å². The molecule has 0 amide bonds. The van der Waals surface area contributed by atoms with Crippen LogP contribution in [-0.2, 0) is 5.41 Å². The van der Waals surface area contributed by atoms with E-state index in [0.717, 1.165) is 62.2 Å². The maximum atomic E-state index is 6.18. The monoisotopic (exact) mass is 554 g/mol. The van der Waals surface area contributed by atoms with E-state index in [1.165, 1.54) is 50.5 Å². The lowest BCUT2D eigenvalue weighted by atomic mass is 9.79. The lowest BCUT2D eigenvalue weighted by Crippen LogP contribution is -2.41. The van der Waals surface area contributed by atoms with Crippen molar-refractivity contribution in [3.8, 4) is 0 Å². The average Bonchev–Trinajstić information content (AvgIpc) is 3.21. The van der Waals surface area contributed by atoms with Crippen LogP contribution in [0, 0.1) is 11.8 Å². The van der Waals surface area contributed by atoms with Crippen LogP contribution in [0.25, 0.3) is 0 Å². The van der Waals surface area contributed by atoms with E-state index in [2.05, 4.69) is 52.5 Å². The van der Waals surface area contributed by atoms with Crippen molar-refractivity contribution in [1.29, 1.82) is 0 Å². The molecule has 0 bridgehead atoms. The predicted molar refractivity (Wildman–Crippen MR) is 164 cm³/mol. The summed E-state index contributed by atoms with van der Waals surface area (Å²) >= 11 is 12.0. The van der Waals surface area contributed by atoms with Gasteiger partial charge in [0.25, 0.3) is 0 Å². The van der Waals surface area contributed by atoms with Crippen molar-refractivity contribution in [2.45, 2.75) is 77.0 Å². The van der Waals surface area contributed by atoms with Crippen LogP contribution in [0.15, 0.2) is 30.3 Å². The predicted octanol–water partition coefficient (Wildman–Crippen LogP) is 6.79. The minimum absolute atomic E-state index is 0.0797. The molecule has 206 valence electrons. The van der Waals surface area contributed by atoms with Crippen molar-refractivity contribution < 1.29 is 0 Å². The summed E-state index contributed by atoms with van der Waals surface area (Å²) in [5.74, 6) is 3.94. The summed E-state index contributed by atoms with van der Waals surface area (Å²) in [6.07, 6.45) is 11.1. The summed E-state index contributed by atoms with van der Waals surface area (Å²) in [5.41, 5.74) is 1.42. The Kier molecular flexibility index (Phi) is 8.94. The van der Waals surface area contributed by atoms with E-state index in [1.807, 2.05) is 12.1 Å². The zero-order chi connectivity index (χ0) is 26.5. The van der Waals surface area contributed by atoms with Gasteiger partial charge in [0.1, 0.15) is 11.6 Å². The molecule has 5 rings (SSSR count). The molecule has 2 atom stereocenters. The van der Waals surface area contributed by atoms with Gasteiger partial charge in [0, 0.05) is 49.2 Å². The lowest BCUT2D eigenvalue weighted by molar-refractivity contribution is 0.355. The van der Waals surface area contributed by atoms with Crippen LogP contribution in [0.5, 0.6) is 0 Å². The first-order valence-corrected chi connectivity index (χ1v) is 15.4. The second-order valence-corrected chi connectivity index (χ2v) is 12.8. The van der Waals surface area contributed by atoms with Gasteiger partial charge in [0.05, 0.1) is 0 Å². The molecule has 1 aromatic carbocycles. The maximum absolute atomic E-state index is 6.18. The molecule has 0 radical (unpaired) electrons. The molecule has 8 heteroatoms. The van der Waals surface area contributed by atoms with Crippen LogP contribution in [0.3, 0.4) is 0 Å². The third-order valence-corrected chi connectivity index (χ3v) is 9.15. The van der Waals surface area contributed by atoms with Gasteiger partial charge in [-0.15, -0.1) is 0 Å². The fourth-order valence-corrected chi connectivity index (χ4v) is 7.06. The Morgan fingerprint density at radius 2 is 1.53 bits per heavy atom. The van der Waals surface area contributed by atoms with Gasteiger partial charge in [-0.25, -0.2) is 0 Å². The molecule has 3 heterocycles. The number of rotatable bonds is 6. The van der Waals surface area contributed by atoms with Crippen LogP contribution in [0.4, 0.5) is 17.6 Å². The number of hydrogen-bond acceptors (Lipinski definition) is 5. The molecule has 3 aliphatic rings. The molecule has 2 N–H and O–H groups in total. The Morgan fingerprint density at radius 1 is 0.921 bits per heavy atom. The van der Waals surface area contributed by atoms with Crippen molar-refractivity contribution in [3.05, 3.63) is 40.9 Å². The van der Waals surface area contributed by atoms with E-state index < -0.39 is 0 Å². The van der Waals surface area contributed by atoms with Gasteiger partial charge in [0.15, 0.2) is 5.11 Å².